The summed E-state index contributed by atoms with van der Waals surface area (Å²) in [6, 6.07) is 59.2. The van der Waals surface area contributed by atoms with Gasteiger partial charge in [0.1, 0.15) is 5.01 Å². The highest BCUT2D eigenvalue weighted by Crippen LogP contribution is 2.44. The van der Waals surface area contributed by atoms with Crippen LogP contribution < -0.4 is 0 Å². The molecule has 0 spiro atoms. The Morgan fingerprint density at radius 2 is 0.846 bits per heavy atom. The van der Waals surface area contributed by atoms with E-state index in [1.54, 1.807) is 22.7 Å². The maximum atomic E-state index is 5.06. The standard InChI is InChI=1S/C46H28N4S2/c1-4-12-31(13-5-1)43-48-44(32-14-6-2-7-15-32)50-45(49-43)38-21-11-20-37-36-19-10-18-35(41(36)52-42(37)38)30-24-22-29(23-25-30)34-26-27-40-39(28-34)47-46(51-40)33-16-8-3-9-17-33/h1-28H. The van der Waals surface area contributed by atoms with Gasteiger partial charge in [0.05, 0.1) is 10.2 Å². The quantitative estimate of drug-likeness (QED) is 0.173. The summed E-state index contributed by atoms with van der Waals surface area (Å²) < 4.78 is 3.60. The molecular weight excluding hydrogens is 673 g/mol. The second-order valence-electron chi connectivity index (χ2n) is 12.6. The fourth-order valence-corrected chi connectivity index (χ4v) is 9.10. The third kappa shape index (κ3) is 5.46. The molecule has 244 valence electrons. The fraction of sp³-hybridized carbons (Fsp3) is 0. The van der Waals surface area contributed by atoms with Crippen molar-refractivity contribution in [3.63, 3.8) is 0 Å². The largest absolute Gasteiger partial charge is 0.236 e. The number of benzene rings is 7. The number of rotatable bonds is 6. The number of hydrogen-bond donors (Lipinski definition) is 0. The molecule has 0 saturated heterocycles. The highest BCUT2D eigenvalue weighted by Gasteiger charge is 2.18. The van der Waals surface area contributed by atoms with Crippen LogP contribution in [0.25, 0.3) is 97.4 Å². The van der Waals surface area contributed by atoms with Crippen LogP contribution in [0.1, 0.15) is 0 Å². The molecule has 0 aliphatic heterocycles. The summed E-state index contributed by atoms with van der Waals surface area (Å²) >= 11 is 3.54. The zero-order chi connectivity index (χ0) is 34.4. The number of fused-ring (bicyclic) bond motifs is 4. The Bertz CT molecular complexity index is 2820. The summed E-state index contributed by atoms with van der Waals surface area (Å²) in [5.74, 6) is 1.99. The third-order valence-electron chi connectivity index (χ3n) is 9.40. The Morgan fingerprint density at radius 1 is 0.327 bits per heavy atom. The van der Waals surface area contributed by atoms with Gasteiger partial charge in [-0.25, -0.2) is 19.9 Å². The van der Waals surface area contributed by atoms with E-state index in [1.807, 2.05) is 66.7 Å². The van der Waals surface area contributed by atoms with Crippen molar-refractivity contribution in [1.29, 1.82) is 0 Å². The maximum absolute atomic E-state index is 5.06. The van der Waals surface area contributed by atoms with Crippen LogP contribution in [0.2, 0.25) is 0 Å². The van der Waals surface area contributed by atoms with Gasteiger partial charge < -0.3 is 0 Å². The number of hydrogen-bond acceptors (Lipinski definition) is 6. The second kappa shape index (κ2) is 12.8. The van der Waals surface area contributed by atoms with Crippen molar-refractivity contribution in [3.05, 3.63) is 170 Å². The summed E-state index contributed by atoms with van der Waals surface area (Å²) in [6.45, 7) is 0. The molecule has 10 rings (SSSR count). The minimum Gasteiger partial charge on any atom is -0.236 e. The van der Waals surface area contributed by atoms with Crippen LogP contribution in [0.4, 0.5) is 0 Å². The van der Waals surface area contributed by atoms with Crippen LogP contribution in [0.3, 0.4) is 0 Å². The Labute approximate surface area is 308 Å². The zero-order valence-electron chi connectivity index (χ0n) is 27.8. The van der Waals surface area contributed by atoms with Crippen molar-refractivity contribution < 1.29 is 0 Å². The van der Waals surface area contributed by atoms with Gasteiger partial charge in [0.25, 0.3) is 0 Å². The molecule has 0 atom stereocenters. The summed E-state index contributed by atoms with van der Waals surface area (Å²) in [5, 5.41) is 3.48. The summed E-state index contributed by atoms with van der Waals surface area (Å²) in [6.07, 6.45) is 0. The van der Waals surface area contributed by atoms with Gasteiger partial charge in [-0.1, -0.05) is 152 Å². The van der Waals surface area contributed by atoms with E-state index in [9.17, 15) is 0 Å². The van der Waals surface area contributed by atoms with Gasteiger partial charge in [-0.15, -0.1) is 22.7 Å². The molecule has 52 heavy (non-hydrogen) atoms. The summed E-state index contributed by atoms with van der Waals surface area (Å²) in [5.41, 5.74) is 9.83. The molecule has 6 heteroatoms. The lowest BCUT2D eigenvalue weighted by atomic mass is 9.98. The molecule has 10 aromatic rings. The highest BCUT2D eigenvalue weighted by atomic mass is 32.1. The molecule has 0 radical (unpaired) electrons. The molecule has 7 aromatic carbocycles. The van der Waals surface area contributed by atoms with Gasteiger partial charge in [0.2, 0.25) is 0 Å². The van der Waals surface area contributed by atoms with Crippen molar-refractivity contribution >= 4 is 53.1 Å². The Kier molecular flexibility index (Phi) is 7.48. The molecule has 0 aliphatic rings. The Balaban J connectivity index is 1.05. The second-order valence-corrected chi connectivity index (χ2v) is 14.7. The third-order valence-corrected chi connectivity index (χ3v) is 11.8. The minimum absolute atomic E-state index is 0.661. The first kappa shape index (κ1) is 30.5. The van der Waals surface area contributed by atoms with E-state index in [4.69, 9.17) is 19.9 Å². The van der Waals surface area contributed by atoms with Crippen LogP contribution in [0, 0.1) is 0 Å². The van der Waals surface area contributed by atoms with Crippen molar-refractivity contribution in [2.24, 2.45) is 0 Å². The minimum atomic E-state index is 0.661. The molecule has 0 bridgehead atoms. The van der Waals surface area contributed by atoms with Crippen LogP contribution in [0.15, 0.2) is 170 Å². The zero-order valence-corrected chi connectivity index (χ0v) is 29.4. The van der Waals surface area contributed by atoms with E-state index in [2.05, 4.69) is 103 Å². The van der Waals surface area contributed by atoms with E-state index < -0.39 is 0 Å². The van der Waals surface area contributed by atoms with Gasteiger partial charge in [0, 0.05) is 42.4 Å². The Hall–Kier alpha value is -6.34. The van der Waals surface area contributed by atoms with Gasteiger partial charge >= 0.3 is 0 Å². The predicted molar refractivity (Wildman–Crippen MR) is 219 cm³/mol. The van der Waals surface area contributed by atoms with Crippen LogP contribution in [0.5, 0.6) is 0 Å². The van der Waals surface area contributed by atoms with Crippen molar-refractivity contribution in [2.75, 3.05) is 0 Å². The highest BCUT2D eigenvalue weighted by molar-refractivity contribution is 7.26. The van der Waals surface area contributed by atoms with Crippen LogP contribution >= 0.6 is 22.7 Å². The lowest BCUT2D eigenvalue weighted by Gasteiger charge is -2.09. The molecule has 0 unspecified atom stereocenters. The maximum Gasteiger partial charge on any atom is 0.165 e. The number of thiophene rings is 1. The van der Waals surface area contributed by atoms with E-state index in [0.717, 1.165) is 43.0 Å². The van der Waals surface area contributed by atoms with Crippen molar-refractivity contribution in [1.82, 2.24) is 19.9 Å². The van der Waals surface area contributed by atoms with E-state index in [-0.39, 0.29) is 0 Å². The molecule has 0 fully saturated rings. The van der Waals surface area contributed by atoms with Crippen LogP contribution in [-0.4, -0.2) is 19.9 Å². The lowest BCUT2D eigenvalue weighted by Crippen LogP contribution is -2.00. The number of thiazole rings is 1. The monoisotopic (exact) mass is 700 g/mol. The average molecular weight is 701 g/mol. The van der Waals surface area contributed by atoms with Gasteiger partial charge in [-0.3, -0.25) is 0 Å². The first-order chi connectivity index (χ1) is 25.7. The molecule has 0 N–H and O–H groups in total. The molecule has 4 nitrogen and oxygen atoms in total. The normalized spacial score (nSPS) is 11.5. The smallest absolute Gasteiger partial charge is 0.165 e. The first-order valence-electron chi connectivity index (χ1n) is 17.1. The number of aromatic nitrogens is 4. The first-order valence-corrected chi connectivity index (χ1v) is 18.8. The topological polar surface area (TPSA) is 51.6 Å². The number of nitrogens with zero attached hydrogens (tertiary/aromatic N) is 4. The predicted octanol–water partition coefficient (Wildman–Crippen LogP) is 12.9. The molecule has 0 aliphatic carbocycles. The summed E-state index contributed by atoms with van der Waals surface area (Å²) in [4.78, 5) is 20.0. The van der Waals surface area contributed by atoms with E-state index in [1.165, 1.54) is 36.9 Å². The molecular formula is C46H28N4S2. The lowest BCUT2D eigenvalue weighted by molar-refractivity contribution is 1.08. The van der Waals surface area contributed by atoms with Crippen molar-refractivity contribution in [2.45, 2.75) is 0 Å². The Morgan fingerprint density at radius 3 is 1.48 bits per heavy atom. The van der Waals surface area contributed by atoms with Gasteiger partial charge in [-0.05, 0) is 40.5 Å². The van der Waals surface area contributed by atoms with E-state index >= 15 is 0 Å². The molecule has 0 amide bonds. The van der Waals surface area contributed by atoms with Gasteiger partial charge in [-0.2, -0.15) is 0 Å². The summed E-state index contributed by atoms with van der Waals surface area (Å²) in [7, 11) is 0. The van der Waals surface area contributed by atoms with Gasteiger partial charge in [0.15, 0.2) is 17.5 Å². The molecule has 3 aromatic heterocycles. The van der Waals surface area contributed by atoms with Crippen molar-refractivity contribution in [3.8, 4) is 67.0 Å². The average Bonchev–Trinajstić information content (AvgIpc) is 3.84. The van der Waals surface area contributed by atoms with E-state index in [0.29, 0.717) is 17.5 Å². The molecule has 3 heterocycles. The fourth-order valence-electron chi connectivity index (χ4n) is 6.81. The SMILES string of the molecule is c1ccc(-c2nc(-c3ccccc3)nc(-c3cccc4c3sc3c(-c5ccc(-c6ccc7sc(-c8ccccc8)nc7c6)cc5)cccc34)n2)cc1. The molecule has 0 saturated carbocycles. The van der Waals surface area contributed by atoms with Crippen LogP contribution in [-0.2, 0) is 0 Å².